The number of rotatable bonds is 3. The van der Waals surface area contributed by atoms with E-state index in [9.17, 15) is 18.0 Å². The standard InChI is InChI=1S/C15H9ClF3N5O2/c16-10-4-2-1-3-8(10)14(25)26-23-12(20)9-7-22-24-11(15(17,18)19)5-6-21-13(9)24/h1-7H,(H2,20,23). The Morgan fingerprint density at radius 3 is 2.65 bits per heavy atom. The minimum atomic E-state index is -4.63. The van der Waals surface area contributed by atoms with E-state index in [1.807, 2.05) is 0 Å². The van der Waals surface area contributed by atoms with Gasteiger partial charge in [-0.25, -0.2) is 14.3 Å². The third-order valence-electron chi connectivity index (χ3n) is 3.29. The van der Waals surface area contributed by atoms with Gasteiger partial charge in [0.2, 0.25) is 0 Å². The number of nitrogens with two attached hydrogens (primary N) is 1. The number of hydrogen-bond donors (Lipinski definition) is 1. The van der Waals surface area contributed by atoms with Crippen LogP contribution in [0.15, 0.2) is 47.9 Å². The van der Waals surface area contributed by atoms with Crippen molar-refractivity contribution in [2.45, 2.75) is 6.18 Å². The highest BCUT2D eigenvalue weighted by Crippen LogP contribution is 2.29. The smallest absolute Gasteiger partial charge is 0.380 e. The Balaban J connectivity index is 1.91. The summed E-state index contributed by atoms with van der Waals surface area (Å²) < 4.78 is 39.5. The van der Waals surface area contributed by atoms with E-state index in [2.05, 4.69) is 15.2 Å². The average Bonchev–Trinajstić information content (AvgIpc) is 3.03. The number of aromatic nitrogens is 3. The van der Waals surface area contributed by atoms with E-state index in [1.165, 1.54) is 12.1 Å². The van der Waals surface area contributed by atoms with Gasteiger partial charge in [-0.1, -0.05) is 28.9 Å². The van der Waals surface area contributed by atoms with Crippen LogP contribution in [0.1, 0.15) is 21.6 Å². The molecule has 11 heteroatoms. The van der Waals surface area contributed by atoms with Crippen LogP contribution in [-0.2, 0) is 11.0 Å². The van der Waals surface area contributed by atoms with E-state index in [1.54, 1.807) is 12.1 Å². The van der Waals surface area contributed by atoms with Crippen molar-refractivity contribution in [2.24, 2.45) is 10.9 Å². The number of carbonyl (C=O) groups is 1. The van der Waals surface area contributed by atoms with Crippen LogP contribution in [0.5, 0.6) is 0 Å². The fourth-order valence-corrected chi connectivity index (χ4v) is 2.32. The van der Waals surface area contributed by atoms with Gasteiger partial charge < -0.3 is 10.6 Å². The van der Waals surface area contributed by atoms with Crippen molar-refractivity contribution < 1.29 is 22.8 Å². The molecule has 0 fully saturated rings. The molecule has 0 aliphatic carbocycles. The van der Waals surface area contributed by atoms with Crippen LogP contribution in [0.4, 0.5) is 13.2 Å². The van der Waals surface area contributed by atoms with Crippen molar-refractivity contribution >= 4 is 29.1 Å². The Bertz CT molecular complexity index is 1020. The lowest BCUT2D eigenvalue weighted by molar-refractivity contribution is -0.142. The minimum absolute atomic E-state index is 0.0249. The van der Waals surface area contributed by atoms with Crippen LogP contribution in [0.2, 0.25) is 5.02 Å². The molecule has 26 heavy (non-hydrogen) atoms. The molecule has 0 saturated carbocycles. The first-order valence-electron chi connectivity index (χ1n) is 6.98. The molecule has 0 amide bonds. The topological polar surface area (TPSA) is 94.9 Å². The summed E-state index contributed by atoms with van der Waals surface area (Å²) in [7, 11) is 0. The zero-order valence-corrected chi connectivity index (χ0v) is 13.5. The maximum atomic E-state index is 13.0. The van der Waals surface area contributed by atoms with Crippen LogP contribution in [0.25, 0.3) is 5.65 Å². The second-order valence-corrected chi connectivity index (χ2v) is 5.36. The van der Waals surface area contributed by atoms with Gasteiger partial charge in [0.15, 0.2) is 11.5 Å². The molecule has 0 aliphatic heterocycles. The van der Waals surface area contributed by atoms with Crippen molar-refractivity contribution in [3.8, 4) is 0 Å². The Morgan fingerprint density at radius 2 is 1.96 bits per heavy atom. The van der Waals surface area contributed by atoms with Crippen molar-refractivity contribution in [2.75, 3.05) is 0 Å². The lowest BCUT2D eigenvalue weighted by Crippen LogP contribution is -2.17. The fourth-order valence-electron chi connectivity index (χ4n) is 2.10. The number of carbonyl (C=O) groups excluding carboxylic acids is 1. The number of benzene rings is 1. The first-order valence-corrected chi connectivity index (χ1v) is 7.36. The Morgan fingerprint density at radius 1 is 1.23 bits per heavy atom. The monoisotopic (exact) mass is 383 g/mol. The molecular weight excluding hydrogens is 375 g/mol. The molecule has 134 valence electrons. The van der Waals surface area contributed by atoms with E-state index in [-0.39, 0.29) is 27.6 Å². The summed E-state index contributed by atoms with van der Waals surface area (Å²) >= 11 is 5.86. The molecule has 2 N–H and O–H groups in total. The summed E-state index contributed by atoms with van der Waals surface area (Å²) in [5.41, 5.74) is 4.51. The third kappa shape index (κ3) is 3.31. The highest BCUT2D eigenvalue weighted by molar-refractivity contribution is 6.33. The van der Waals surface area contributed by atoms with Gasteiger partial charge in [-0.15, -0.1) is 0 Å². The van der Waals surface area contributed by atoms with Gasteiger partial charge in [0.05, 0.1) is 22.3 Å². The zero-order valence-electron chi connectivity index (χ0n) is 12.7. The molecule has 0 aliphatic rings. The molecule has 1 aromatic carbocycles. The maximum absolute atomic E-state index is 13.0. The lowest BCUT2D eigenvalue weighted by Gasteiger charge is -2.07. The molecule has 7 nitrogen and oxygen atoms in total. The van der Waals surface area contributed by atoms with Gasteiger partial charge in [0.25, 0.3) is 0 Å². The second-order valence-electron chi connectivity index (χ2n) is 4.96. The Kier molecular flexibility index (Phi) is 4.51. The van der Waals surface area contributed by atoms with Gasteiger partial charge in [0.1, 0.15) is 5.69 Å². The molecule has 3 rings (SSSR count). The third-order valence-corrected chi connectivity index (χ3v) is 3.62. The molecule has 0 radical (unpaired) electrons. The highest BCUT2D eigenvalue weighted by Gasteiger charge is 2.34. The first-order chi connectivity index (χ1) is 12.3. The van der Waals surface area contributed by atoms with Crippen molar-refractivity contribution in [3.05, 3.63) is 64.6 Å². The van der Waals surface area contributed by atoms with Crippen LogP contribution in [0, 0.1) is 0 Å². The number of amidine groups is 1. The molecule has 0 bridgehead atoms. The summed E-state index contributed by atoms with van der Waals surface area (Å²) in [5, 5.41) is 7.21. The summed E-state index contributed by atoms with van der Waals surface area (Å²) in [5.74, 6) is -1.24. The van der Waals surface area contributed by atoms with E-state index < -0.39 is 17.8 Å². The van der Waals surface area contributed by atoms with E-state index >= 15 is 0 Å². The second kappa shape index (κ2) is 6.64. The number of hydrogen-bond acceptors (Lipinski definition) is 5. The number of alkyl halides is 3. The Labute approximate surface area is 148 Å². The summed E-state index contributed by atoms with van der Waals surface area (Å²) in [4.78, 5) is 20.4. The fraction of sp³-hybridized carbons (Fsp3) is 0.0667. The SMILES string of the molecule is N/C(=N\OC(=O)c1ccccc1Cl)c1cnn2c(C(F)(F)F)ccnc12. The van der Waals surface area contributed by atoms with Crippen LogP contribution in [0.3, 0.4) is 0 Å². The van der Waals surface area contributed by atoms with Crippen molar-refractivity contribution in [1.82, 2.24) is 14.6 Å². The van der Waals surface area contributed by atoms with Crippen LogP contribution in [-0.4, -0.2) is 26.4 Å². The van der Waals surface area contributed by atoms with Gasteiger partial charge >= 0.3 is 12.1 Å². The van der Waals surface area contributed by atoms with Crippen LogP contribution >= 0.6 is 11.6 Å². The summed E-state index contributed by atoms with van der Waals surface area (Å²) in [6, 6.07) is 6.87. The van der Waals surface area contributed by atoms with Crippen LogP contribution < -0.4 is 5.73 Å². The number of halogens is 4. The normalized spacial score (nSPS) is 12.4. The number of fused-ring (bicyclic) bond motifs is 1. The average molecular weight is 384 g/mol. The van der Waals surface area contributed by atoms with Gasteiger partial charge in [0, 0.05) is 6.20 Å². The first kappa shape index (κ1) is 17.7. The quantitative estimate of drug-likeness (QED) is 0.325. The minimum Gasteiger partial charge on any atom is -0.380 e. The lowest BCUT2D eigenvalue weighted by atomic mass is 10.2. The number of oxime groups is 1. The van der Waals surface area contributed by atoms with Gasteiger partial charge in [-0.3, -0.25) is 0 Å². The Hall–Kier alpha value is -3.14. The van der Waals surface area contributed by atoms with E-state index in [0.29, 0.717) is 4.52 Å². The predicted octanol–water partition coefficient (Wildman–Crippen LogP) is 2.88. The van der Waals surface area contributed by atoms with E-state index in [0.717, 1.165) is 18.5 Å². The summed E-state index contributed by atoms with van der Waals surface area (Å²) in [6.45, 7) is 0. The van der Waals surface area contributed by atoms with Gasteiger partial charge in [-0.05, 0) is 18.2 Å². The van der Waals surface area contributed by atoms with E-state index in [4.69, 9.17) is 22.2 Å². The summed E-state index contributed by atoms with van der Waals surface area (Å²) in [6.07, 6.45) is -2.63. The zero-order chi connectivity index (χ0) is 18.9. The predicted molar refractivity (Wildman–Crippen MR) is 85.6 cm³/mol. The molecule has 0 unspecified atom stereocenters. The largest absolute Gasteiger partial charge is 0.433 e. The van der Waals surface area contributed by atoms with Crippen molar-refractivity contribution in [1.29, 1.82) is 0 Å². The highest BCUT2D eigenvalue weighted by atomic mass is 35.5. The maximum Gasteiger partial charge on any atom is 0.433 e. The number of nitrogens with zero attached hydrogens (tertiary/aromatic N) is 4. The molecule has 2 heterocycles. The molecule has 0 saturated heterocycles. The molecular formula is C15H9ClF3N5O2. The molecule has 0 atom stereocenters. The van der Waals surface area contributed by atoms with Gasteiger partial charge in [-0.2, -0.15) is 18.3 Å². The van der Waals surface area contributed by atoms with Crippen molar-refractivity contribution in [3.63, 3.8) is 0 Å². The molecule has 0 spiro atoms. The molecule has 3 aromatic rings. The molecule has 2 aromatic heterocycles.